The molecule has 1 N–H and O–H groups in total. The number of nitriles is 1. The number of H-pyrrole nitrogens is 1. The minimum Gasteiger partial charge on any atom is -0.278 e. The molecule has 104 valence electrons. The van der Waals surface area contributed by atoms with Crippen molar-refractivity contribution in [2.24, 2.45) is 0 Å². The summed E-state index contributed by atoms with van der Waals surface area (Å²) in [6.45, 7) is 3.89. The van der Waals surface area contributed by atoms with E-state index < -0.39 is 0 Å². The second-order valence-corrected chi connectivity index (χ2v) is 5.05. The molecule has 2 aromatic heterocycles. The van der Waals surface area contributed by atoms with E-state index in [4.69, 9.17) is 5.26 Å². The average molecular weight is 279 g/mol. The quantitative estimate of drug-likeness (QED) is 0.778. The van der Waals surface area contributed by atoms with Gasteiger partial charge in [-0.2, -0.15) is 9.78 Å². The minimum absolute atomic E-state index is 0.00550. The normalized spacial score (nSPS) is 11.0. The monoisotopic (exact) mass is 279 g/mol. The van der Waals surface area contributed by atoms with Gasteiger partial charge in [0.05, 0.1) is 17.3 Å². The average Bonchev–Trinajstić information content (AvgIpc) is 2.95. The van der Waals surface area contributed by atoms with Gasteiger partial charge in [-0.05, 0) is 18.1 Å². The highest BCUT2D eigenvalue weighted by Crippen LogP contribution is 2.25. The Hall–Kier alpha value is -2.94. The van der Waals surface area contributed by atoms with E-state index in [9.17, 15) is 4.79 Å². The predicted molar refractivity (Wildman–Crippen MR) is 77.8 cm³/mol. The maximum atomic E-state index is 12.6. The lowest BCUT2D eigenvalue weighted by atomic mass is 9.97. The summed E-state index contributed by atoms with van der Waals surface area (Å²) >= 11 is 0. The van der Waals surface area contributed by atoms with Gasteiger partial charge in [0.15, 0.2) is 0 Å². The molecular weight excluding hydrogens is 266 g/mol. The summed E-state index contributed by atoms with van der Waals surface area (Å²) in [4.78, 5) is 21.1. The summed E-state index contributed by atoms with van der Waals surface area (Å²) < 4.78 is 1.33. The van der Waals surface area contributed by atoms with Crippen molar-refractivity contribution in [1.82, 2.24) is 19.6 Å². The van der Waals surface area contributed by atoms with Gasteiger partial charge in [0.25, 0.3) is 11.3 Å². The van der Waals surface area contributed by atoms with Crippen molar-refractivity contribution in [3.05, 3.63) is 52.1 Å². The zero-order valence-electron chi connectivity index (χ0n) is 11.7. The molecule has 0 saturated heterocycles. The maximum Gasteiger partial charge on any atom is 0.278 e. The van der Waals surface area contributed by atoms with Gasteiger partial charge in [-0.3, -0.25) is 9.89 Å². The number of nitrogens with zero attached hydrogens (tertiary/aromatic N) is 4. The summed E-state index contributed by atoms with van der Waals surface area (Å²) in [7, 11) is 0. The number of aromatic nitrogens is 4. The van der Waals surface area contributed by atoms with E-state index >= 15 is 0 Å². The standard InChI is InChI=1S/C15H13N5O/c1-9(2)12-13(11-5-3-4-10(6-11)7-16)19-15-17-8-18-20(15)14(12)21/h3-6,8-9H,1-2H3,(H,17,18,19). The Labute approximate surface area is 120 Å². The molecule has 21 heavy (non-hydrogen) atoms. The molecule has 0 aliphatic rings. The van der Waals surface area contributed by atoms with Crippen LogP contribution in [0.2, 0.25) is 0 Å². The van der Waals surface area contributed by atoms with E-state index in [1.54, 1.807) is 18.2 Å². The molecule has 0 saturated carbocycles. The van der Waals surface area contributed by atoms with Gasteiger partial charge in [-0.1, -0.05) is 26.0 Å². The first-order valence-electron chi connectivity index (χ1n) is 6.58. The van der Waals surface area contributed by atoms with Crippen LogP contribution in [-0.2, 0) is 0 Å². The number of nitrogens with one attached hydrogen (secondary N) is 1. The van der Waals surface area contributed by atoms with Crippen LogP contribution in [-0.4, -0.2) is 19.6 Å². The highest BCUT2D eigenvalue weighted by molar-refractivity contribution is 5.66. The number of fused-ring (bicyclic) bond motifs is 1. The van der Waals surface area contributed by atoms with E-state index in [0.29, 0.717) is 22.6 Å². The Morgan fingerprint density at radius 3 is 2.90 bits per heavy atom. The molecule has 0 atom stereocenters. The third-order valence-electron chi connectivity index (χ3n) is 3.31. The second-order valence-electron chi connectivity index (χ2n) is 5.05. The van der Waals surface area contributed by atoms with Gasteiger partial charge < -0.3 is 0 Å². The van der Waals surface area contributed by atoms with Crippen molar-refractivity contribution in [2.45, 2.75) is 19.8 Å². The number of aromatic amines is 1. The molecule has 3 rings (SSSR count). The molecule has 0 radical (unpaired) electrons. The lowest BCUT2D eigenvalue weighted by molar-refractivity contribution is 0.797. The fraction of sp³-hybridized carbons (Fsp3) is 0.200. The van der Waals surface area contributed by atoms with Gasteiger partial charge in [-0.25, -0.2) is 9.97 Å². The zero-order chi connectivity index (χ0) is 15.0. The molecule has 2 heterocycles. The molecule has 3 aromatic rings. The van der Waals surface area contributed by atoms with Crippen molar-refractivity contribution >= 4 is 5.78 Å². The van der Waals surface area contributed by atoms with E-state index in [0.717, 1.165) is 5.56 Å². The van der Waals surface area contributed by atoms with E-state index in [2.05, 4.69) is 21.1 Å². The maximum absolute atomic E-state index is 12.6. The number of hydrogen-bond donors (Lipinski definition) is 1. The highest BCUT2D eigenvalue weighted by atomic mass is 16.1. The van der Waals surface area contributed by atoms with E-state index in [1.165, 1.54) is 10.8 Å². The molecule has 0 unspecified atom stereocenters. The summed E-state index contributed by atoms with van der Waals surface area (Å²) in [6.07, 6.45) is 1.43. The van der Waals surface area contributed by atoms with Crippen LogP contribution in [0.15, 0.2) is 35.4 Å². The summed E-state index contributed by atoms with van der Waals surface area (Å²) in [5, 5.41) is 11.8. The fourth-order valence-electron chi connectivity index (χ4n) is 2.35. The SMILES string of the molecule is CC(C)c1c(-c2cccc(C#N)c2)nc2nc[nH]n2c1=O. The molecule has 6 heteroatoms. The third kappa shape index (κ3) is 2.09. The Bertz CT molecular complexity index is 914. The number of hydrogen-bond acceptors (Lipinski definition) is 4. The first-order chi connectivity index (χ1) is 10.1. The summed E-state index contributed by atoms with van der Waals surface area (Å²) in [6, 6.07) is 9.18. The molecule has 0 spiro atoms. The van der Waals surface area contributed by atoms with Crippen molar-refractivity contribution < 1.29 is 0 Å². The Morgan fingerprint density at radius 2 is 2.19 bits per heavy atom. The Morgan fingerprint density at radius 1 is 1.38 bits per heavy atom. The Kier molecular flexibility index (Phi) is 3.03. The lowest BCUT2D eigenvalue weighted by Crippen LogP contribution is -2.22. The third-order valence-corrected chi connectivity index (χ3v) is 3.31. The summed E-state index contributed by atoms with van der Waals surface area (Å²) in [5.41, 5.74) is 2.31. The Balaban J connectivity index is 2.37. The van der Waals surface area contributed by atoms with E-state index in [1.807, 2.05) is 19.9 Å². The molecule has 0 bridgehead atoms. The first-order valence-corrected chi connectivity index (χ1v) is 6.58. The molecule has 1 aromatic carbocycles. The van der Waals surface area contributed by atoms with Crippen LogP contribution in [0.3, 0.4) is 0 Å². The van der Waals surface area contributed by atoms with Crippen LogP contribution >= 0.6 is 0 Å². The van der Waals surface area contributed by atoms with Crippen LogP contribution in [0.4, 0.5) is 0 Å². The molecular formula is C15H13N5O. The topological polar surface area (TPSA) is 86.8 Å². The summed E-state index contributed by atoms with van der Waals surface area (Å²) in [5.74, 6) is 0.327. The molecule has 6 nitrogen and oxygen atoms in total. The molecule has 0 amide bonds. The van der Waals surface area contributed by atoms with Crippen molar-refractivity contribution in [3.8, 4) is 17.3 Å². The van der Waals surface area contributed by atoms with Gasteiger partial charge >= 0.3 is 0 Å². The van der Waals surface area contributed by atoms with Gasteiger partial charge in [0.2, 0.25) is 0 Å². The minimum atomic E-state index is -0.162. The van der Waals surface area contributed by atoms with Gasteiger partial charge in [-0.15, -0.1) is 0 Å². The second kappa shape index (κ2) is 4.87. The van der Waals surface area contributed by atoms with Crippen LogP contribution < -0.4 is 5.56 Å². The predicted octanol–water partition coefficient (Wildman–Crippen LogP) is 2.08. The molecule has 0 aliphatic carbocycles. The van der Waals surface area contributed by atoms with Crippen molar-refractivity contribution in [1.29, 1.82) is 5.26 Å². The van der Waals surface area contributed by atoms with Gasteiger partial charge in [0, 0.05) is 11.1 Å². The van der Waals surface area contributed by atoms with Crippen LogP contribution in [0.5, 0.6) is 0 Å². The highest BCUT2D eigenvalue weighted by Gasteiger charge is 2.18. The van der Waals surface area contributed by atoms with Gasteiger partial charge in [0.1, 0.15) is 6.33 Å². The fourth-order valence-corrected chi connectivity index (χ4v) is 2.35. The van der Waals surface area contributed by atoms with Crippen LogP contribution in [0, 0.1) is 11.3 Å². The van der Waals surface area contributed by atoms with Crippen molar-refractivity contribution in [3.63, 3.8) is 0 Å². The largest absolute Gasteiger partial charge is 0.278 e. The van der Waals surface area contributed by atoms with Crippen LogP contribution in [0.1, 0.15) is 30.9 Å². The number of rotatable bonds is 2. The molecule has 0 aliphatic heterocycles. The van der Waals surface area contributed by atoms with Crippen molar-refractivity contribution in [2.75, 3.05) is 0 Å². The molecule has 0 fully saturated rings. The smallest absolute Gasteiger partial charge is 0.278 e. The lowest BCUT2D eigenvalue weighted by Gasteiger charge is -2.11. The van der Waals surface area contributed by atoms with Crippen LogP contribution in [0.25, 0.3) is 17.0 Å². The first kappa shape index (κ1) is 13.1. The zero-order valence-corrected chi connectivity index (χ0v) is 11.7. The van der Waals surface area contributed by atoms with E-state index in [-0.39, 0.29) is 11.5 Å². The number of benzene rings is 1.